The zero-order chi connectivity index (χ0) is 34.8. The molecule has 266 valence electrons. The molecule has 0 aromatic heterocycles. The van der Waals surface area contributed by atoms with E-state index < -0.39 is 22.0 Å². The lowest BCUT2D eigenvalue weighted by molar-refractivity contribution is -0.0123. The van der Waals surface area contributed by atoms with Gasteiger partial charge in [-0.25, -0.2) is 13.2 Å². The van der Waals surface area contributed by atoms with Crippen LogP contribution in [0.15, 0.2) is 47.4 Å². The summed E-state index contributed by atoms with van der Waals surface area (Å²) in [6.45, 7) is 6.42. The zero-order valence-electron chi connectivity index (χ0n) is 28.5. The Kier molecular flexibility index (Phi) is 13.8. The molecule has 2 aliphatic rings. The number of sulfonamides is 1. The molecule has 4 atom stereocenters. The third-order valence-electron chi connectivity index (χ3n) is 9.16. The fourth-order valence-corrected chi connectivity index (χ4v) is 7.34. The summed E-state index contributed by atoms with van der Waals surface area (Å²) in [6.07, 6.45) is 7.14. The summed E-state index contributed by atoms with van der Waals surface area (Å²) < 4.78 is 41.6. The minimum absolute atomic E-state index is 0.0240. The van der Waals surface area contributed by atoms with Gasteiger partial charge in [-0.05, 0) is 88.4 Å². The van der Waals surface area contributed by atoms with Crippen LogP contribution in [0.3, 0.4) is 0 Å². The number of benzene rings is 2. The second kappa shape index (κ2) is 17.6. The number of ether oxygens (including phenoxy) is 2. The maximum atomic E-state index is 14.4. The molecular weight excluding hydrogens is 656 g/mol. The Labute approximate surface area is 290 Å². The van der Waals surface area contributed by atoms with E-state index in [9.17, 15) is 23.1 Å². The summed E-state index contributed by atoms with van der Waals surface area (Å²) in [5.74, 6) is -0.309. The van der Waals surface area contributed by atoms with Gasteiger partial charge in [-0.2, -0.15) is 0 Å². The van der Waals surface area contributed by atoms with Gasteiger partial charge in [0, 0.05) is 49.4 Å². The van der Waals surface area contributed by atoms with Crippen LogP contribution in [0.4, 0.5) is 10.5 Å². The van der Waals surface area contributed by atoms with Gasteiger partial charge in [-0.15, -0.1) is 0 Å². The van der Waals surface area contributed by atoms with Crippen molar-refractivity contribution in [1.29, 1.82) is 0 Å². The Balaban J connectivity index is 1.61. The smallest absolute Gasteiger partial charge is 0.317 e. The van der Waals surface area contributed by atoms with Crippen molar-refractivity contribution in [2.45, 2.75) is 101 Å². The Morgan fingerprint density at radius 3 is 2.44 bits per heavy atom. The number of amides is 3. The molecule has 0 spiro atoms. The van der Waals surface area contributed by atoms with Crippen molar-refractivity contribution < 1.29 is 32.6 Å². The molecule has 2 aromatic rings. The van der Waals surface area contributed by atoms with Crippen molar-refractivity contribution in [2.24, 2.45) is 5.92 Å². The molecule has 0 radical (unpaired) electrons. The Morgan fingerprint density at radius 1 is 1.06 bits per heavy atom. The maximum absolute atomic E-state index is 14.4. The van der Waals surface area contributed by atoms with Crippen LogP contribution in [-0.4, -0.2) is 92.9 Å². The molecule has 13 heteroatoms. The summed E-state index contributed by atoms with van der Waals surface area (Å²) in [5.41, 5.74) is 0.357. The van der Waals surface area contributed by atoms with Crippen LogP contribution in [0.2, 0.25) is 5.02 Å². The standard InChI is InChI=1S/C35H51ClN4O7S/c1-24-21-40(25(2)23-41)34(42)31-20-29(38-48(44,45)30-16-13-27(36)14-17-30)15-18-32(31)47-26(3)10-8-9-19-46-33(24)22-39(4)35(43)37-28-11-6-5-7-12-28/h13-18,20,24-26,28,33,38,41H,5-12,19,21-23H2,1-4H3,(H,37,43)/t24-,25+,26-,33-/m1/s1. The number of nitrogens with one attached hydrogen (secondary N) is 2. The van der Waals surface area contributed by atoms with Crippen LogP contribution in [0.1, 0.15) is 82.5 Å². The molecule has 0 bridgehead atoms. The van der Waals surface area contributed by atoms with Gasteiger partial charge in [0.25, 0.3) is 15.9 Å². The van der Waals surface area contributed by atoms with Crippen LogP contribution >= 0.6 is 11.6 Å². The lowest BCUT2D eigenvalue weighted by atomic mass is 9.96. The molecule has 11 nitrogen and oxygen atoms in total. The fourth-order valence-electron chi connectivity index (χ4n) is 6.16. The van der Waals surface area contributed by atoms with E-state index in [1.165, 1.54) is 36.8 Å². The first-order valence-electron chi connectivity index (χ1n) is 17.0. The highest BCUT2D eigenvalue weighted by atomic mass is 35.5. The molecule has 3 amide bonds. The van der Waals surface area contributed by atoms with Crippen molar-refractivity contribution in [1.82, 2.24) is 15.1 Å². The number of aliphatic hydroxyl groups excluding tert-OH is 1. The van der Waals surface area contributed by atoms with Gasteiger partial charge < -0.3 is 29.7 Å². The number of nitrogens with zero attached hydrogens (tertiary/aromatic N) is 2. The lowest BCUT2D eigenvalue weighted by Crippen LogP contribution is -2.50. The van der Waals surface area contributed by atoms with Gasteiger partial charge in [-0.3, -0.25) is 9.52 Å². The van der Waals surface area contributed by atoms with Crippen LogP contribution in [0.25, 0.3) is 0 Å². The summed E-state index contributed by atoms with van der Waals surface area (Å²) in [7, 11) is -2.22. The van der Waals surface area contributed by atoms with Crippen molar-refractivity contribution in [3.05, 3.63) is 53.1 Å². The van der Waals surface area contributed by atoms with Crippen LogP contribution in [0, 0.1) is 5.92 Å². The predicted molar refractivity (Wildman–Crippen MR) is 187 cm³/mol. The SMILES string of the molecule is C[C@@H]1CCCCO[C@H](CN(C)C(=O)NC2CCCCC2)[C@H](C)CN([C@@H](C)CO)C(=O)c2cc(NS(=O)(=O)c3ccc(Cl)cc3)ccc2O1. The van der Waals surface area contributed by atoms with E-state index in [1.807, 2.05) is 13.8 Å². The Hall–Kier alpha value is -3.06. The number of halogens is 1. The molecule has 48 heavy (non-hydrogen) atoms. The highest BCUT2D eigenvalue weighted by molar-refractivity contribution is 7.92. The molecular formula is C35H51ClN4O7S. The number of fused-ring (bicyclic) bond motifs is 1. The summed E-state index contributed by atoms with van der Waals surface area (Å²) in [5, 5.41) is 13.8. The van der Waals surface area contributed by atoms with E-state index in [2.05, 4.69) is 10.0 Å². The number of urea groups is 1. The molecule has 1 saturated carbocycles. The largest absolute Gasteiger partial charge is 0.490 e. The number of hydrogen-bond donors (Lipinski definition) is 3. The number of rotatable bonds is 8. The molecule has 1 heterocycles. The third-order valence-corrected chi connectivity index (χ3v) is 10.8. The third kappa shape index (κ3) is 10.5. The molecule has 2 aromatic carbocycles. The van der Waals surface area contributed by atoms with Gasteiger partial charge in [-0.1, -0.05) is 37.8 Å². The molecule has 0 unspecified atom stereocenters. The van der Waals surface area contributed by atoms with Crippen LogP contribution < -0.4 is 14.8 Å². The lowest BCUT2D eigenvalue weighted by Gasteiger charge is -2.36. The average Bonchev–Trinajstić information content (AvgIpc) is 3.06. The Bertz CT molecular complexity index is 1470. The number of aliphatic hydroxyl groups is 1. The zero-order valence-corrected chi connectivity index (χ0v) is 30.1. The fraction of sp³-hybridized carbons (Fsp3) is 0.600. The molecule has 1 fully saturated rings. The highest BCUT2D eigenvalue weighted by Crippen LogP contribution is 2.30. The normalized spacial score (nSPS) is 22.5. The van der Waals surface area contributed by atoms with Gasteiger partial charge in [0.05, 0.1) is 35.3 Å². The minimum Gasteiger partial charge on any atom is -0.490 e. The van der Waals surface area contributed by atoms with E-state index in [0.717, 1.165) is 38.5 Å². The molecule has 4 rings (SSSR count). The first-order valence-corrected chi connectivity index (χ1v) is 18.9. The van der Waals surface area contributed by atoms with Crippen LogP contribution in [0.5, 0.6) is 5.75 Å². The number of carbonyl (C=O) groups excluding carboxylic acids is 2. The summed E-state index contributed by atoms with van der Waals surface area (Å²) in [4.78, 5) is 30.7. The second-order valence-electron chi connectivity index (χ2n) is 13.2. The summed E-state index contributed by atoms with van der Waals surface area (Å²) in [6, 6.07) is 9.91. The topological polar surface area (TPSA) is 138 Å². The van der Waals surface area contributed by atoms with Gasteiger partial charge >= 0.3 is 6.03 Å². The van der Waals surface area contributed by atoms with Crippen LogP contribution in [-0.2, 0) is 14.8 Å². The number of carbonyl (C=O) groups is 2. The minimum atomic E-state index is -3.98. The Morgan fingerprint density at radius 2 is 1.75 bits per heavy atom. The van der Waals surface area contributed by atoms with Crippen molar-refractivity contribution in [3.8, 4) is 5.75 Å². The van der Waals surface area contributed by atoms with E-state index in [0.29, 0.717) is 30.3 Å². The van der Waals surface area contributed by atoms with Gasteiger partial charge in [0.1, 0.15) is 5.75 Å². The van der Waals surface area contributed by atoms with E-state index >= 15 is 0 Å². The highest BCUT2D eigenvalue weighted by Gasteiger charge is 2.31. The molecule has 1 aliphatic heterocycles. The van der Waals surface area contributed by atoms with Crippen molar-refractivity contribution >= 4 is 39.2 Å². The van der Waals surface area contributed by atoms with Crippen molar-refractivity contribution in [2.75, 3.05) is 38.1 Å². The second-order valence-corrected chi connectivity index (χ2v) is 15.4. The first kappa shape index (κ1) is 37.8. The number of likely N-dealkylation sites (N-methyl/N-ethyl adjacent to an activating group) is 1. The van der Waals surface area contributed by atoms with E-state index in [1.54, 1.807) is 35.9 Å². The quantitative estimate of drug-likeness (QED) is 0.310. The summed E-state index contributed by atoms with van der Waals surface area (Å²) >= 11 is 5.95. The number of anilines is 1. The molecule has 1 aliphatic carbocycles. The van der Waals surface area contributed by atoms with Gasteiger partial charge in [0.2, 0.25) is 0 Å². The maximum Gasteiger partial charge on any atom is 0.317 e. The van der Waals surface area contributed by atoms with Crippen molar-refractivity contribution in [3.63, 3.8) is 0 Å². The van der Waals surface area contributed by atoms with Gasteiger partial charge in [0.15, 0.2) is 0 Å². The average molecular weight is 707 g/mol. The monoisotopic (exact) mass is 706 g/mol. The predicted octanol–water partition coefficient (Wildman–Crippen LogP) is 5.91. The first-order chi connectivity index (χ1) is 22.9. The molecule has 0 saturated heterocycles. The van der Waals surface area contributed by atoms with E-state index in [-0.39, 0.29) is 59.5 Å². The van der Waals surface area contributed by atoms with E-state index in [4.69, 9.17) is 21.1 Å². The number of hydrogen-bond acceptors (Lipinski definition) is 7. The molecule has 3 N–H and O–H groups in total.